The molecule has 2 aromatic rings. The summed E-state index contributed by atoms with van der Waals surface area (Å²) in [4.78, 5) is 6.51. The second-order valence-electron chi connectivity index (χ2n) is 7.37. The van der Waals surface area contributed by atoms with E-state index in [1.165, 1.54) is 16.7 Å². The quantitative estimate of drug-likeness (QED) is 0.301. The summed E-state index contributed by atoms with van der Waals surface area (Å²) in [5.74, 6) is 2.20. The zero-order valence-corrected chi connectivity index (χ0v) is 20.6. The number of benzene rings is 2. The minimum Gasteiger partial charge on any atom is -0.497 e. The predicted molar refractivity (Wildman–Crippen MR) is 133 cm³/mol. The molecule has 0 radical (unpaired) electrons. The summed E-state index contributed by atoms with van der Waals surface area (Å²) in [7, 11) is 7.68. The molecule has 6 heteroatoms. The van der Waals surface area contributed by atoms with Gasteiger partial charge in [-0.1, -0.05) is 43.3 Å². The molecule has 5 nitrogen and oxygen atoms in total. The number of nitrogens with zero attached hydrogens (tertiary/aromatic N) is 2. The molecule has 29 heavy (non-hydrogen) atoms. The van der Waals surface area contributed by atoms with Gasteiger partial charge < -0.3 is 20.3 Å². The number of hydrogen-bond acceptors (Lipinski definition) is 3. The van der Waals surface area contributed by atoms with Gasteiger partial charge in [-0.05, 0) is 55.3 Å². The summed E-state index contributed by atoms with van der Waals surface area (Å²) in [6.07, 6.45) is 1.03. The Morgan fingerprint density at radius 1 is 1.07 bits per heavy atom. The molecule has 0 aliphatic heterocycles. The van der Waals surface area contributed by atoms with Gasteiger partial charge in [-0.2, -0.15) is 0 Å². The van der Waals surface area contributed by atoms with Gasteiger partial charge >= 0.3 is 0 Å². The average molecular weight is 510 g/mol. The van der Waals surface area contributed by atoms with Gasteiger partial charge in [-0.3, -0.25) is 4.99 Å². The Labute approximate surface area is 193 Å². The van der Waals surface area contributed by atoms with Crippen LogP contribution >= 0.6 is 24.0 Å². The number of guanidine groups is 1. The number of methoxy groups -OCH3 is 1. The van der Waals surface area contributed by atoms with E-state index in [0.29, 0.717) is 5.92 Å². The number of aliphatic imine (C=N–C) groups is 1. The van der Waals surface area contributed by atoms with Gasteiger partial charge in [0.15, 0.2) is 5.96 Å². The molecule has 0 fully saturated rings. The molecule has 0 amide bonds. The van der Waals surface area contributed by atoms with Gasteiger partial charge in [-0.15, -0.1) is 24.0 Å². The first-order valence-corrected chi connectivity index (χ1v) is 9.83. The number of rotatable bonds is 9. The van der Waals surface area contributed by atoms with Gasteiger partial charge in [-0.25, -0.2) is 0 Å². The van der Waals surface area contributed by atoms with Crippen molar-refractivity contribution in [2.45, 2.75) is 32.4 Å². The maximum absolute atomic E-state index is 5.23. The fourth-order valence-electron chi connectivity index (χ4n) is 3.12. The minimum atomic E-state index is 0. The third-order valence-electron chi connectivity index (χ3n) is 4.73. The molecule has 0 aromatic heterocycles. The Kier molecular flexibility index (Phi) is 11.7. The molecule has 160 valence electrons. The lowest BCUT2D eigenvalue weighted by Gasteiger charge is -2.16. The van der Waals surface area contributed by atoms with Crippen LogP contribution in [-0.4, -0.2) is 45.7 Å². The Morgan fingerprint density at radius 2 is 1.76 bits per heavy atom. The van der Waals surface area contributed by atoms with Crippen molar-refractivity contribution >= 4 is 29.9 Å². The molecule has 0 aliphatic rings. The van der Waals surface area contributed by atoms with Crippen molar-refractivity contribution in [1.29, 1.82) is 0 Å². The standard InChI is InChI=1S/C23H34N4O.HI/c1-18(21-9-11-22(28-5)12-10-21)13-14-25-23(24-2)26-16-19-7-6-8-20(15-19)17-27(3)4;/h6-12,15,18H,13-14,16-17H2,1-5H3,(H2,24,25,26);1H. The molecular formula is C23H35IN4O. The highest BCUT2D eigenvalue weighted by atomic mass is 127. The second-order valence-corrected chi connectivity index (χ2v) is 7.37. The molecule has 1 unspecified atom stereocenters. The Bertz CT molecular complexity index is 747. The van der Waals surface area contributed by atoms with Crippen LogP contribution in [0.1, 0.15) is 36.0 Å². The fraction of sp³-hybridized carbons (Fsp3) is 0.435. The highest BCUT2D eigenvalue weighted by Gasteiger charge is 2.07. The van der Waals surface area contributed by atoms with Crippen LogP contribution in [0.15, 0.2) is 53.5 Å². The molecular weight excluding hydrogens is 475 g/mol. The topological polar surface area (TPSA) is 48.9 Å². The number of nitrogens with one attached hydrogen (secondary N) is 2. The Balaban J connectivity index is 0.00000420. The molecule has 1 atom stereocenters. The zero-order chi connectivity index (χ0) is 20.4. The van der Waals surface area contributed by atoms with E-state index in [1.807, 2.05) is 19.2 Å². The van der Waals surface area contributed by atoms with Gasteiger partial charge in [0, 0.05) is 26.7 Å². The highest BCUT2D eigenvalue weighted by molar-refractivity contribution is 14.0. The molecule has 0 spiro atoms. The lowest BCUT2D eigenvalue weighted by atomic mass is 9.98. The van der Waals surface area contributed by atoms with Crippen molar-refractivity contribution in [2.24, 2.45) is 4.99 Å². The molecule has 2 rings (SSSR count). The first kappa shape index (κ1) is 25.2. The number of halogens is 1. The van der Waals surface area contributed by atoms with Crippen molar-refractivity contribution < 1.29 is 4.74 Å². The lowest BCUT2D eigenvalue weighted by molar-refractivity contribution is 0.402. The molecule has 0 aliphatic carbocycles. The maximum Gasteiger partial charge on any atom is 0.191 e. The molecule has 2 N–H and O–H groups in total. The summed E-state index contributed by atoms with van der Waals surface area (Å²) >= 11 is 0. The van der Waals surface area contributed by atoms with E-state index < -0.39 is 0 Å². The van der Waals surface area contributed by atoms with E-state index in [0.717, 1.165) is 37.8 Å². The first-order chi connectivity index (χ1) is 13.5. The van der Waals surface area contributed by atoms with Crippen molar-refractivity contribution in [3.63, 3.8) is 0 Å². The largest absolute Gasteiger partial charge is 0.497 e. The van der Waals surface area contributed by atoms with Crippen molar-refractivity contribution in [1.82, 2.24) is 15.5 Å². The molecule has 0 saturated heterocycles. The summed E-state index contributed by atoms with van der Waals surface area (Å²) in [5, 5.41) is 6.82. The van der Waals surface area contributed by atoms with Crippen molar-refractivity contribution in [3.8, 4) is 5.75 Å². The van der Waals surface area contributed by atoms with E-state index in [1.54, 1.807) is 7.11 Å². The van der Waals surface area contributed by atoms with Gasteiger partial charge in [0.1, 0.15) is 5.75 Å². The van der Waals surface area contributed by atoms with Crippen LogP contribution in [0.4, 0.5) is 0 Å². The minimum absolute atomic E-state index is 0. The van der Waals surface area contributed by atoms with Gasteiger partial charge in [0.2, 0.25) is 0 Å². The third-order valence-corrected chi connectivity index (χ3v) is 4.73. The normalized spacial score (nSPS) is 12.3. The van der Waals surface area contributed by atoms with E-state index in [2.05, 4.69) is 77.9 Å². The summed E-state index contributed by atoms with van der Waals surface area (Å²) in [6.45, 7) is 4.82. The number of ether oxygens (including phenoxy) is 1. The van der Waals surface area contributed by atoms with E-state index >= 15 is 0 Å². The monoisotopic (exact) mass is 510 g/mol. The van der Waals surface area contributed by atoms with E-state index in [9.17, 15) is 0 Å². The van der Waals surface area contributed by atoms with Crippen LogP contribution in [0.25, 0.3) is 0 Å². The van der Waals surface area contributed by atoms with Gasteiger partial charge in [0.25, 0.3) is 0 Å². The summed E-state index contributed by atoms with van der Waals surface area (Å²) in [5.41, 5.74) is 3.90. The molecule has 0 bridgehead atoms. The first-order valence-electron chi connectivity index (χ1n) is 9.83. The van der Waals surface area contributed by atoms with Crippen LogP contribution < -0.4 is 15.4 Å². The summed E-state index contributed by atoms with van der Waals surface area (Å²) < 4.78 is 5.23. The van der Waals surface area contributed by atoms with Gasteiger partial charge in [0.05, 0.1) is 7.11 Å². The molecule has 0 saturated carbocycles. The van der Waals surface area contributed by atoms with E-state index in [-0.39, 0.29) is 24.0 Å². The SMILES string of the molecule is CN=C(NCCC(C)c1ccc(OC)cc1)NCc1cccc(CN(C)C)c1.I. The van der Waals surface area contributed by atoms with Crippen LogP contribution in [0.3, 0.4) is 0 Å². The van der Waals surface area contributed by atoms with Crippen molar-refractivity contribution in [2.75, 3.05) is 34.8 Å². The lowest BCUT2D eigenvalue weighted by Crippen LogP contribution is -2.37. The highest BCUT2D eigenvalue weighted by Crippen LogP contribution is 2.21. The third kappa shape index (κ3) is 9.04. The summed E-state index contributed by atoms with van der Waals surface area (Å²) in [6, 6.07) is 17.0. The van der Waals surface area contributed by atoms with Crippen LogP contribution in [0.5, 0.6) is 5.75 Å². The second kappa shape index (κ2) is 13.4. The predicted octanol–water partition coefficient (Wildman–Crippen LogP) is 4.23. The maximum atomic E-state index is 5.23. The fourth-order valence-corrected chi connectivity index (χ4v) is 3.12. The molecule has 2 aromatic carbocycles. The van der Waals surface area contributed by atoms with Crippen LogP contribution in [-0.2, 0) is 13.1 Å². The number of hydrogen-bond donors (Lipinski definition) is 2. The van der Waals surface area contributed by atoms with E-state index in [4.69, 9.17) is 4.74 Å². The Morgan fingerprint density at radius 3 is 2.38 bits per heavy atom. The zero-order valence-electron chi connectivity index (χ0n) is 18.2. The average Bonchev–Trinajstić information content (AvgIpc) is 2.70. The van der Waals surface area contributed by atoms with Crippen molar-refractivity contribution in [3.05, 3.63) is 65.2 Å². The Hall–Kier alpha value is -1.80. The smallest absolute Gasteiger partial charge is 0.191 e. The van der Waals surface area contributed by atoms with Crippen LogP contribution in [0.2, 0.25) is 0 Å². The molecule has 0 heterocycles. The van der Waals surface area contributed by atoms with Crippen LogP contribution in [0, 0.1) is 0 Å².